The van der Waals surface area contributed by atoms with Crippen LogP contribution in [-0.2, 0) is 17.6 Å². The third-order valence-electron chi connectivity index (χ3n) is 5.11. The molecule has 0 bridgehead atoms. The second-order valence-corrected chi connectivity index (χ2v) is 7.24. The Hall–Kier alpha value is -1.53. The van der Waals surface area contributed by atoms with E-state index in [1.54, 1.807) is 12.1 Å². The van der Waals surface area contributed by atoms with E-state index in [0.717, 1.165) is 12.1 Å². The van der Waals surface area contributed by atoms with E-state index in [4.69, 9.17) is 0 Å². The summed E-state index contributed by atoms with van der Waals surface area (Å²) < 4.78 is 0. The number of rotatable bonds is 3. The summed E-state index contributed by atoms with van der Waals surface area (Å²) in [6.07, 6.45) is 0. The molecule has 0 fully saturated rings. The van der Waals surface area contributed by atoms with E-state index in [2.05, 4.69) is 44.7 Å². The molecule has 2 aromatic rings. The molecule has 0 aliphatic carbocycles. The Morgan fingerprint density at radius 2 is 1.54 bits per heavy atom. The second kappa shape index (κ2) is 6.41. The number of benzene rings is 2. The van der Waals surface area contributed by atoms with E-state index in [9.17, 15) is 9.90 Å². The van der Waals surface area contributed by atoms with E-state index in [-0.39, 0.29) is 35.5 Å². The third kappa shape index (κ3) is 2.93. The molecule has 24 heavy (non-hydrogen) atoms. The topological polar surface area (TPSA) is 43.4 Å². The summed E-state index contributed by atoms with van der Waals surface area (Å²) in [7, 11) is 0. The van der Waals surface area contributed by atoms with Gasteiger partial charge in [0.05, 0.1) is 5.97 Å². The van der Waals surface area contributed by atoms with Gasteiger partial charge in [-0.1, -0.05) is 42.5 Å². The first-order chi connectivity index (χ1) is 10.7. The van der Waals surface area contributed by atoms with Gasteiger partial charge in [-0.2, -0.15) is 0 Å². The first kappa shape index (κ1) is 18.8. The first-order valence-corrected chi connectivity index (χ1v) is 7.92. The van der Waals surface area contributed by atoms with Gasteiger partial charge in [0.1, 0.15) is 0 Å². The van der Waals surface area contributed by atoms with E-state index < -0.39 is 5.97 Å². The van der Waals surface area contributed by atoms with Crippen LogP contribution in [0.2, 0.25) is 0 Å². The molecule has 0 amide bonds. The molecular weight excluding hydrogens is 293 g/mol. The zero-order valence-corrected chi connectivity index (χ0v) is 15.1. The zero-order chi connectivity index (χ0) is 16.8. The van der Waals surface area contributed by atoms with Crippen LogP contribution in [0.25, 0.3) is 0 Å². The van der Waals surface area contributed by atoms with Crippen LogP contribution in [0.1, 0.15) is 54.7 Å². The van der Waals surface area contributed by atoms with Crippen LogP contribution in [-0.4, -0.2) is 10.9 Å². The normalized spacial score (nSPS) is 17.8. The molecule has 3 rings (SSSR count). The van der Waals surface area contributed by atoms with Crippen LogP contribution in [0, 0.1) is 0 Å². The summed E-state index contributed by atoms with van der Waals surface area (Å²) in [5.41, 5.74) is 3.33. The van der Waals surface area contributed by atoms with Crippen molar-refractivity contribution in [3.63, 3.8) is 0 Å². The first-order valence-electron chi connectivity index (χ1n) is 7.92. The van der Waals surface area contributed by atoms with Crippen molar-refractivity contribution in [2.24, 2.45) is 0 Å². The smallest absolute Gasteiger partial charge is 0.545 e. The summed E-state index contributed by atoms with van der Waals surface area (Å²) in [6, 6.07) is 15.7. The van der Waals surface area contributed by atoms with E-state index in [1.165, 1.54) is 11.1 Å². The molecular formula is C20H22LiNO2. The van der Waals surface area contributed by atoms with Gasteiger partial charge >= 0.3 is 18.9 Å². The minimum Gasteiger partial charge on any atom is -0.545 e. The van der Waals surface area contributed by atoms with Gasteiger partial charge in [0.2, 0.25) is 0 Å². The molecule has 0 unspecified atom stereocenters. The number of fused-ring (bicyclic) bond motifs is 1. The molecule has 4 heteroatoms. The van der Waals surface area contributed by atoms with Gasteiger partial charge in [-0.25, -0.2) is 0 Å². The van der Waals surface area contributed by atoms with Gasteiger partial charge in [-0.3, -0.25) is 4.90 Å². The molecule has 0 saturated heterocycles. The molecule has 0 saturated carbocycles. The van der Waals surface area contributed by atoms with Gasteiger partial charge in [0, 0.05) is 17.6 Å². The quantitative estimate of drug-likeness (QED) is 0.751. The number of carboxylic acid groups (broad SMARTS) is 1. The molecule has 0 spiro atoms. The Morgan fingerprint density at radius 3 is 2.12 bits per heavy atom. The van der Waals surface area contributed by atoms with E-state index >= 15 is 0 Å². The number of nitrogens with zero attached hydrogens (tertiary/aromatic N) is 1. The molecule has 1 aliphatic rings. The monoisotopic (exact) mass is 315 g/mol. The standard InChI is InChI=1S/C20H23NO2.Li/c1-19(2)16-11-10-15(18(22)23)12-17(16)20(3,4)21(19)13-14-8-6-5-7-9-14;/h5-12H,13H2,1-4H3,(H,22,23);/q;+1/p-1. The van der Waals surface area contributed by atoms with E-state index in [1.807, 2.05) is 24.3 Å². The Kier molecular flexibility index (Phi) is 5.02. The van der Waals surface area contributed by atoms with Crippen molar-refractivity contribution in [2.45, 2.75) is 45.3 Å². The molecule has 2 aromatic carbocycles. The van der Waals surface area contributed by atoms with E-state index in [0.29, 0.717) is 0 Å². The van der Waals surface area contributed by atoms with Crippen LogP contribution in [0.4, 0.5) is 0 Å². The number of hydrogen-bond donors (Lipinski definition) is 0. The molecule has 1 heterocycles. The minimum absolute atomic E-state index is 0. The third-order valence-corrected chi connectivity index (χ3v) is 5.11. The molecule has 0 radical (unpaired) electrons. The fourth-order valence-corrected chi connectivity index (χ4v) is 3.86. The fraction of sp³-hybridized carbons (Fsp3) is 0.350. The predicted octanol–water partition coefficient (Wildman–Crippen LogP) is 0.0401. The second-order valence-electron chi connectivity index (χ2n) is 7.24. The van der Waals surface area contributed by atoms with Crippen molar-refractivity contribution >= 4 is 5.97 Å². The molecule has 0 atom stereocenters. The number of carboxylic acids is 1. The zero-order valence-electron chi connectivity index (χ0n) is 15.1. The van der Waals surface area contributed by atoms with Crippen molar-refractivity contribution < 1.29 is 28.8 Å². The van der Waals surface area contributed by atoms with Gasteiger partial charge < -0.3 is 9.90 Å². The molecule has 0 aromatic heterocycles. The van der Waals surface area contributed by atoms with Gasteiger partial charge in [-0.15, -0.1) is 0 Å². The van der Waals surface area contributed by atoms with Gasteiger partial charge in [0.25, 0.3) is 0 Å². The number of hydrogen-bond acceptors (Lipinski definition) is 3. The van der Waals surface area contributed by atoms with Gasteiger partial charge in [-0.05, 0) is 56.0 Å². The van der Waals surface area contributed by atoms with Crippen LogP contribution >= 0.6 is 0 Å². The minimum atomic E-state index is -1.12. The maximum Gasteiger partial charge on any atom is 1.00 e. The Labute approximate surface area is 155 Å². The average molecular weight is 315 g/mol. The Morgan fingerprint density at radius 1 is 0.958 bits per heavy atom. The molecule has 1 aliphatic heterocycles. The number of carbonyl (C=O) groups is 1. The van der Waals surface area contributed by atoms with Crippen molar-refractivity contribution in [1.82, 2.24) is 4.90 Å². The van der Waals surface area contributed by atoms with Crippen LogP contribution < -0.4 is 24.0 Å². The van der Waals surface area contributed by atoms with Crippen molar-refractivity contribution in [3.8, 4) is 0 Å². The Bertz CT molecular complexity index is 753. The van der Waals surface area contributed by atoms with Crippen LogP contribution in [0.3, 0.4) is 0 Å². The van der Waals surface area contributed by atoms with Crippen molar-refractivity contribution in [2.75, 3.05) is 0 Å². The molecule has 0 N–H and O–H groups in total. The average Bonchev–Trinajstić information content (AvgIpc) is 2.66. The van der Waals surface area contributed by atoms with Gasteiger partial charge in [0.15, 0.2) is 0 Å². The summed E-state index contributed by atoms with van der Waals surface area (Å²) in [6.45, 7) is 9.52. The van der Waals surface area contributed by atoms with Crippen LogP contribution in [0.5, 0.6) is 0 Å². The summed E-state index contributed by atoms with van der Waals surface area (Å²) >= 11 is 0. The maximum absolute atomic E-state index is 11.2. The predicted molar refractivity (Wildman–Crippen MR) is 88.8 cm³/mol. The molecule has 120 valence electrons. The van der Waals surface area contributed by atoms with Crippen LogP contribution in [0.15, 0.2) is 48.5 Å². The Balaban J connectivity index is 0.00000208. The summed E-state index contributed by atoms with van der Waals surface area (Å²) in [5.74, 6) is -1.12. The SMILES string of the molecule is CC1(C)c2ccc(C(=O)[O-])cc2C(C)(C)N1Cc1ccccc1.[Li+]. The number of aromatic carboxylic acids is 1. The number of carbonyl (C=O) groups excluding carboxylic acids is 1. The largest absolute Gasteiger partial charge is 1.00 e. The van der Waals surface area contributed by atoms with Crippen molar-refractivity contribution in [3.05, 3.63) is 70.8 Å². The summed E-state index contributed by atoms with van der Waals surface area (Å²) in [4.78, 5) is 13.7. The molecule has 3 nitrogen and oxygen atoms in total. The summed E-state index contributed by atoms with van der Waals surface area (Å²) in [5, 5.41) is 11.2. The fourth-order valence-electron chi connectivity index (χ4n) is 3.86. The van der Waals surface area contributed by atoms with Crippen molar-refractivity contribution in [1.29, 1.82) is 0 Å². The maximum atomic E-state index is 11.2.